The van der Waals surface area contributed by atoms with Crippen LogP contribution in [0.5, 0.6) is 0 Å². The highest BCUT2D eigenvalue weighted by Crippen LogP contribution is 2.13. The number of ketones is 2. The maximum Gasteiger partial charge on any atom is 0.236 e. The fourth-order valence-corrected chi connectivity index (χ4v) is 4.45. The minimum Gasteiger partial charge on any atom is -0.380 e. The van der Waals surface area contributed by atoms with Crippen molar-refractivity contribution in [1.29, 1.82) is 0 Å². The summed E-state index contributed by atoms with van der Waals surface area (Å²) in [6.07, 6.45) is 20.9. The molecule has 0 saturated carbocycles. The number of nitrogens with two attached hydrogens (primary N) is 1. The van der Waals surface area contributed by atoms with Crippen molar-refractivity contribution >= 4 is 23.4 Å². The highest BCUT2D eigenvalue weighted by Gasteiger charge is 2.12. The molecule has 1 unspecified atom stereocenters. The van der Waals surface area contributed by atoms with Gasteiger partial charge in [0, 0.05) is 39.0 Å². The molecule has 1 atom stereocenters. The lowest BCUT2D eigenvalue weighted by Crippen LogP contribution is -2.42. The molecule has 242 valence electrons. The van der Waals surface area contributed by atoms with Crippen LogP contribution in [0, 0.1) is 0 Å². The monoisotopic (exact) mass is 583 g/mol. The summed E-state index contributed by atoms with van der Waals surface area (Å²) in [7, 11) is 0. The maximum absolute atomic E-state index is 12.0. The highest BCUT2D eigenvalue weighted by atomic mass is 16.5. The Morgan fingerprint density at radius 2 is 1.00 bits per heavy atom. The summed E-state index contributed by atoms with van der Waals surface area (Å²) in [6, 6.07) is -0.589. The standard InChI is InChI=1S/C31H59N3O5.C2H6/c1-27(35)19-15-13-11-9-7-5-3-4-6-8-10-12-14-16-22-30(37)33-23-17-21-29(32)31(38)34-24-26-39-25-18-20-28(2)36;1-2/h29H,3-26,32H2,1-2H3,(H,33,37)(H,34,38);1-2H3. The van der Waals surface area contributed by atoms with Crippen LogP contribution in [0.15, 0.2) is 0 Å². The second kappa shape index (κ2) is 32.7. The van der Waals surface area contributed by atoms with Gasteiger partial charge >= 0.3 is 0 Å². The Morgan fingerprint density at radius 1 is 0.561 bits per heavy atom. The number of carbonyl (C=O) groups excluding carboxylic acids is 4. The zero-order valence-corrected chi connectivity index (χ0v) is 27.2. The average Bonchev–Trinajstić information content (AvgIpc) is 2.95. The van der Waals surface area contributed by atoms with E-state index in [9.17, 15) is 19.2 Å². The molecule has 0 saturated heterocycles. The molecule has 0 heterocycles. The molecule has 4 N–H and O–H groups in total. The molecule has 2 amide bonds. The first-order valence-electron chi connectivity index (χ1n) is 16.7. The van der Waals surface area contributed by atoms with Crippen molar-refractivity contribution < 1.29 is 23.9 Å². The van der Waals surface area contributed by atoms with Gasteiger partial charge in [-0.2, -0.15) is 0 Å². The third kappa shape index (κ3) is 34.3. The molecule has 0 aliphatic heterocycles. The van der Waals surface area contributed by atoms with Crippen molar-refractivity contribution in [1.82, 2.24) is 10.6 Å². The van der Waals surface area contributed by atoms with Crippen LogP contribution in [0.1, 0.15) is 156 Å². The van der Waals surface area contributed by atoms with E-state index >= 15 is 0 Å². The molecule has 8 nitrogen and oxygen atoms in total. The first-order chi connectivity index (χ1) is 19.8. The number of carbonyl (C=O) groups is 4. The summed E-state index contributed by atoms with van der Waals surface area (Å²) in [5.74, 6) is 0.335. The van der Waals surface area contributed by atoms with E-state index in [4.69, 9.17) is 10.5 Å². The molecule has 0 rings (SSSR count). The van der Waals surface area contributed by atoms with E-state index in [-0.39, 0.29) is 17.6 Å². The first kappa shape index (κ1) is 41.3. The van der Waals surface area contributed by atoms with Crippen LogP contribution in [0.3, 0.4) is 0 Å². The zero-order chi connectivity index (χ0) is 31.0. The normalized spacial score (nSPS) is 11.3. The van der Waals surface area contributed by atoms with Crippen LogP contribution >= 0.6 is 0 Å². The van der Waals surface area contributed by atoms with Crippen molar-refractivity contribution in [2.75, 3.05) is 26.3 Å². The zero-order valence-electron chi connectivity index (χ0n) is 27.2. The number of rotatable bonds is 29. The van der Waals surface area contributed by atoms with Crippen molar-refractivity contribution in [3.05, 3.63) is 0 Å². The molecule has 41 heavy (non-hydrogen) atoms. The van der Waals surface area contributed by atoms with E-state index in [0.29, 0.717) is 64.2 Å². The molecule has 0 aromatic carbocycles. The third-order valence-corrected chi connectivity index (χ3v) is 6.90. The van der Waals surface area contributed by atoms with Crippen molar-refractivity contribution in [3.63, 3.8) is 0 Å². The number of hydrogen-bond donors (Lipinski definition) is 3. The summed E-state index contributed by atoms with van der Waals surface area (Å²) in [5.41, 5.74) is 5.92. The molecule has 0 bridgehead atoms. The summed E-state index contributed by atoms with van der Waals surface area (Å²) in [6.45, 7) is 9.08. The third-order valence-electron chi connectivity index (χ3n) is 6.90. The minimum atomic E-state index is -0.589. The Bertz CT molecular complexity index is 642. The SMILES string of the molecule is CC.CC(=O)CCCCCCCCCCCCCCCCC(=O)NCCCC(N)C(=O)NCCOCCCC(C)=O. The Balaban J connectivity index is 0. The van der Waals surface area contributed by atoms with Gasteiger partial charge < -0.3 is 30.7 Å². The largest absolute Gasteiger partial charge is 0.380 e. The molecule has 0 aromatic rings. The van der Waals surface area contributed by atoms with Crippen LogP contribution < -0.4 is 16.4 Å². The van der Waals surface area contributed by atoms with Gasteiger partial charge in [0.05, 0.1) is 12.6 Å². The molecular formula is C33H65N3O5. The van der Waals surface area contributed by atoms with Crippen molar-refractivity contribution in [2.45, 2.75) is 162 Å². The van der Waals surface area contributed by atoms with E-state index in [0.717, 1.165) is 25.7 Å². The van der Waals surface area contributed by atoms with Gasteiger partial charge in [-0.05, 0) is 46.0 Å². The first-order valence-corrected chi connectivity index (χ1v) is 16.7. The van der Waals surface area contributed by atoms with Gasteiger partial charge in [-0.3, -0.25) is 9.59 Å². The number of amides is 2. The Hall–Kier alpha value is -1.80. The molecular weight excluding hydrogens is 518 g/mol. The summed E-state index contributed by atoms with van der Waals surface area (Å²) in [4.78, 5) is 45.8. The van der Waals surface area contributed by atoms with Crippen molar-refractivity contribution in [3.8, 4) is 0 Å². The number of nitrogens with one attached hydrogen (secondary N) is 2. The van der Waals surface area contributed by atoms with E-state index in [1.807, 2.05) is 13.8 Å². The van der Waals surface area contributed by atoms with E-state index in [2.05, 4.69) is 10.6 Å². The molecule has 0 aliphatic carbocycles. The summed E-state index contributed by atoms with van der Waals surface area (Å²) < 4.78 is 5.37. The maximum atomic E-state index is 12.0. The van der Waals surface area contributed by atoms with Gasteiger partial charge in [-0.25, -0.2) is 0 Å². The smallest absolute Gasteiger partial charge is 0.236 e. The number of unbranched alkanes of at least 4 members (excludes halogenated alkanes) is 13. The Labute approximate surface area is 252 Å². The fraction of sp³-hybridized carbons (Fsp3) is 0.879. The molecule has 0 radical (unpaired) electrons. The lowest BCUT2D eigenvalue weighted by Gasteiger charge is -2.12. The number of ether oxygens (including phenoxy) is 1. The average molecular weight is 584 g/mol. The van der Waals surface area contributed by atoms with Gasteiger partial charge in [0.15, 0.2) is 0 Å². The lowest BCUT2D eigenvalue weighted by atomic mass is 10.0. The number of Topliss-reactive ketones (excluding diaryl/α,β-unsaturated/α-hetero) is 2. The molecule has 0 aromatic heterocycles. The van der Waals surface area contributed by atoms with Crippen LogP contribution in [0.2, 0.25) is 0 Å². The van der Waals surface area contributed by atoms with Crippen LogP contribution in [0.25, 0.3) is 0 Å². The van der Waals surface area contributed by atoms with Gasteiger partial charge in [0.25, 0.3) is 0 Å². The Kier molecular flexibility index (Phi) is 33.0. The second-order valence-corrected chi connectivity index (χ2v) is 11.0. The van der Waals surface area contributed by atoms with Crippen LogP contribution in [-0.4, -0.2) is 55.7 Å². The van der Waals surface area contributed by atoms with Gasteiger partial charge in [0.2, 0.25) is 11.8 Å². The van der Waals surface area contributed by atoms with Gasteiger partial charge in [-0.15, -0.1) is 0 Å². The van der Waals surface area contributed by atoms with Crippen molar-refractivity contribution in [2.24, 2.45) is 5.73 Å². The van der Waals surface area contributed by atoms with Gasteiger partial charge in [0.1, 0.15) is 11.6 Å². The molecule has 0 spiro atoms. The predicted octanol–water partition coefficient (Wildman–Crippen LogP) is 6.57. The Morgan fingerprint density at radius 3 is 1.49 bits per heavy atom. The van der Waals surface area contributed by atoms with Gasteiger partial charge in [-0.1, -0.05) is 90.9 Å². The minimum absolute atomic E-state index is 0.0776. The lowest BCUT2D eigenvalue weighted by molar-refractivity contribution is -0.122. The fourth-order valence-electron chi connectivity index (χ4n) is 4.45. The molecule has 8 heteroatoms. The van der Waals surface area contributed by atoms with E-state index in [1.165, 1.54) is 70.6 Å². The van der Waals surface area contributed by atoms with Crippen LogP contribution in [0.4, 0.5) is 0 Å². The molecule has 0 aliphatic rings. The predicted molar refractivity (Wildman–Crippen MR) is 170 cm³/mol. The summed E-state index contributed by atoms with van der Waals surface area (Å²) >= 11 is 0. The second-order valence-electron chi connectivity index (χ2n) is 11.0. The van der Waals surface area contributed by atoms with Crippen LogP contribution in [-0.2, 0) is 23.9 Å². The topological polar surface area (TPSA) is 128 Å². The number of hydrogen-bond acceptors (Lipinski definition) is 6. The van der Waals surface area contributed by atoms with E-state index < -0.39 is 6.04 Å². The van der Waals surface area contributed by atoms with E-state index in [1.54, 1.807) is 13.8 Å². The molecule has 0 fully saturated rings. The quantitative estimate of drug-likeness (QED) is 0.0855. The highest BCUT2D eigenvalue weighted by molar-refractivity contribution is 5.81. The summed E-state index contributed by atoms with van der Waals surface area (Å²) in [5, 5.41) is 5.68.